The van der Waals surface area contributed by atoms with E-state index in [1.165, 1.54) is 38.5 Å². The minimum Gasteiger partial charge on any atom is -0.369 e. The van der Waals surface area contributed by atoms with Crippen LogP contribution < -0.4 is 14.7 Å². The minimum atomic E-state index is 0.398. The van der Waals surface area contributed by atoms with Gasteiger partial charge < -0.3 is 14.7 Å². The highest BCUT2D eigenvalue weighted by atomic mass is 35.5. The molecule has 0 aliphatic carbocycles. The first-order valence-corrected chi connectivity index (χ1v) is 11.5. The second kappa shape index (κ2) is 11.2. The van der Waals surface area contributed by atoms with Gasteiger partial charge in [-0.3, -0.25) is 0 Å². The van der Waals surface area contributed by atoms with Crippen molar-refractivity contribution in [3.8, 4) is 0 Å². The van der Waals surface area contributed by atoms with Gasteiger partial charge in [0.1, 0.15) is 0 Å². The van der Waals surface area contributed by atoms with Crippen molar-refractivity contribution in [2.24, 2.45) is 0 Å². The molecule has 0 radical (unpaired) electrons. The first-order chi connectivity index (χ1) is 14.5. The van der Waals surface area contributed by atoms with Gasteiger partial charge in [-0.1, -0.05) is 34.8 Å². The van der Waals surface area contributed by atoms with Crippen molar-refractivity contribution in [1.29, 1.82) is 0 Å². The predicted octanol–water partition coefficient (Wildman–Crippen LogP) is 4.96. The minimum absolute atomic E-state index is 0.398. The first kappa shape index (κ1) is 23.1. The lowest BCUT2D eigenvalue weighted by Crippen LogP contribution is -2.31. The summed E-state index contributed by atoms with van der Waals surface area (Å²) < 4.78 is 0. The molecule has 0 aromatic carbocycles. The van der Waals surface area contributed by atoms with Gasteiger partial charge in [-0.05, 0) is 38.5 Å². The number of aromatic nitrogens is 4. The van der Waals surface area contributed by atoms with Gasteiger partial charge in [0.2, 0.25) is 0 Å². The fraction of sp³-hybridized carbons (Fsp3) is 0.600. The lowest BCUT2D eigenvalue weighted by molar-refractivity contribution is 0.576. The molecule has 4 rings (SSSR count). The van der Waals surface area contributed by atoms with Gasteiger partial charge in [0.25, 0.3) is 0 Å². The molecule has 30 heavy (non-hydrogen) atoms. The molecule has 2 aromatic rings. The fourth-order valence-corrected chi connectivity index (χ4v) is 4.23. The van der Waals surface area contributed by atoms with E-state index < -0.39 is 0 Å². The summed E-state index contributed by atoms with van der Waals surface area (Å²) in [6.45, 7) is 4.23. The van der Waals surface area contributed by atoms with Crippen molar-refractivity contribution < 1.29 is 0 Å². The third-order valence-electron chi connectivity index (χ3n) is 5.24. The summed E-state index contributed by atoms with van der Waals surface area (Å²) in [5, 5.41) is 16.8. The quantitative estimate of drug-likeness (QED) is 0.625. The maximum atomic E-state index is 5.96. The van der Waals surface area contributed by atoms with Crippen LogP contribution in [0.4, 0.5) is 17.2 Å². The van der Waals surface area contributed by atoms with Gasteiger partial charge in [-0.15, -0.1) is 20.4 Å². The molecule has 10 heteroatoms. The molecule has 0 bridgehead atoms. The largest absolute Gasteiger partial charge is 0.369 e. The molecule has 0 atom stereocenters. The van der Waals surface area contributed by atoms with Gasteiger partial charge in [-0.25, -0.2) is 0 Å². The molecule has 2 saturated heterocycles. The van der Waals surface area contributed by atoms with E-state index in [2.05, 4.69) is 30.2 Å². The zero-order valence-electron chi connectivity index (χ0n) is 17.5. The second-order valence-electron chi connectivity index (χ2n) is 7.71. The highest BCUT2D eigenvalue weighted by molar-refractivity contribution is 6.33. The molecule has 164 valence electrons. The maximum absolute atomic E-state index is 5.96. The lowest BCUT2D eigenvalue weighted by atomic mass is 10.1. The first-order valence-electron chi connectivity index (χ1n) is 10.3. The third-order valence-corrected chi connectivity index (χ3v) is 5.88. The maximum Gasteiger partial charge on any atom is 0.175 e. The van der Waals surface area contributed by atoms with Crippen LogP contribution in [0.15, 0.2) is 12.1 Å². The monoisotopic (exact) mass is 471 g/mol. The van der Waals surface area contributed by atoms with Crippen LogP contribution in [0.1, 0.15) is 38.5 Å². The smallest absolute Gasteiger partial charge is 0.175 e. The summed E-state index contributed by atoms with van der Waals surface area (Å²) in [7, 11) is 3.96. The summed E-state index contributed by atoms with van der Waals surface area (Å²) in [6, 6.07) is 3.69. The van der Waals surface area contributed by atoms with Crippen LogP contribution in [0.25, 0.3) is 0 Å². The van der Waals surface area contributed by atoms with Crippen LogP contribution in [-0.4, -0.2) is 60.7 Å². The Morgan fingerprint density at radius 3 is 1.67 bits per heavy atom. The van der Waals surface area contributed by atoms with Crippen LogP contribution in [0.2, 0.25) is 15.5 Å². The van der Waals surface area contributed by atoms with Crippen LogP contribution in [0.3, 0.4) is 0 Å². The second-order valence-corrected chi connectivity index (χ2v) is 8.84. The Morgan fingerprint density at radius 1 is 0.667 bits per heavy atom. The van der Waals surface area contributed by atoms with Crippen molar-refractivity contribution in [3.05, 3.63) is 27.6 Å². The zero-order chi connectivity index (χ0) is 21.5. The number of nitrogens with zero attached hydrogens (tertiary/aromatic N) is 7. The molecule has 2 fully saturated rings. The van der Waals surface area contributed by atoms with Crippen molar-refractivity contribution in [3.63, 3.8) is 0 Å². The summed E-state index contributed by atoms with van der Waals surface area (Å²) >= 11 is 17.7. The van der Waals surface area contributed by atoms with E-state index in [-0.39, 0.29) is 0 Å². The van der Waals surface area contributed by atoms with Crippen LogP contribution in [0, 0.1) is 0 Å². The van der Waals surface area contributed by atoms with E-state index in [1.807, 2.05) is 25.1 Å². The van der Waals surface area contributed by atoms with Crippen LogP contribution >= 0.6 is 34.8 Å². The third kappa shape index (κ3) is 6.22. The lowest BCUT2D eigenvalue weighted by Gasteiger charge is -2.31. The molecular weight excluding hydrogens is 445 g/mol. The fourth-order valence-electron chi connectivity index (χ4n) is 3.74. The molecule has 4 heterocycles. The van der Waals surface area contributed by atoms with E-state index in [9.17, 15) is 0 Å². The average molecular weight is 473 g/mol. The number of anilines is 3. The van der Waals surface area contributed by atoms with E-state index in [0.29, 0.717) is 15.5 Å². The normalized spacial score (nSPS) is 16.7. The van der Waals surface area contributed by atoms with Gasteiger partial charge in [0, 0.05) is 52.4 Å². The summed E-state index contributed by atoms with van der Waals surface area (Å²) in [6.07, 6.45) is 7.51. The van der Waals surface area contributed by atoms with Crippen molar-refractivity contribution in [2.75, 3.05) is 55.0 Å². The van der Waals surface area contributed by atoms with E-state index in [4.69, 9.17) is 34.8 Å². The van der Waals surface area contributed by atoms with E-state index in [1.54, 1.807) is 6.07 Å². The molecule has 7 nitrogen and oxygen atoms in total. The summed E-state index contributed by atoms with van der Waals surface area (Å²) in [5.74, 6) is 0.895. The number of halogens is 3. The zero-order valence-corrected chi connectivity index (χ0v) is 19.8. The summed E-state index contributed by atoms with van der Waals surface area (Å²) in [5.41, 5.74) is 2.01. The highest BCUT2D eigenvalue weighted by Gasteiger charge is 2.18. The van der Waals surface area contributed by atoms with Gasteiger partial charge in [0.05, 0.1) is 11.4 Å². The Bertz CT molecular complexity index is 822. The Hall–Kier alpha value is -1.57. The molecule has 2 aliphatic rings. The van der Waals surface area contributed by atoms with E-state index in [0.717, 1.165) is 43.4 Å². The topological polar surface area (TPSA) is 61.3 Å². The molecule has 0 spiro atoms. The molecule has 0 saturated carbocycles. The molecule has 2 aliphatic heterocycles. The number of rotatable bonds is 3. The van der Waals surface area contributed by atoms with Crippen LogP contribution in [0.5, 0.6) is 0 Å². The van der Waals surface area contributed by atoms with Gasteiger partial charge in [-0.2, -0.15) is 0 Å². The molecule has 0 unspecified atom stereocenters. The van der Waals surface area contributed by atoms with Gasteiger partial charge >= 0.3 is 0 Å². The van der Waals surface area contributed by atoms with Gasteiger partial charge in [0.15, 0.2) is 21.3 Å². The number of piperidine rings is 2. The predicted molar refractivity (Wildman–Crippen MR) is 126 cm³/mol. The standard InChI is InChI=1S/C11H17ClN4.C9H11Cl2N3/c1-15(2)11-9(8-10(12)13-14-11)16-6-4-3-5-7-16;10-8-6-7(9(11)13-12-8)14-4-2-1-3-5-14/h8H,3-7H2,1-2H3;6H,1-5H2. The molecule has 0 N–H and O–H groups in total. The average Bonchev–Trinajstić information content (AvgIpc) is 2.77. The van der Waals surface area contributed by atoms with Crippen LogP contribution in [-0.2, 0) is 0 Å². The Morgan fingerprint density at radius 2 is 1.13 bits per heavy atom. The SMILES string of the molecule is CN(C)c1nnc(Cl)cc1N1CCCCC1.Clc1cc(N2CCCCC2)c(Cl)nn1. The number of hydrogen-bond donors (Lipinski definition) is 0. The van der Waals surface area contributed by atoms with Crippen molar-refractivity contribution in [2.45, 2.75) is 38.5 Å². The molecule has 0 amide bonds. The highest BCUT2D eigenvalue weighted by Crippen LogP contribution is 2.30. The number of hydrogen-bond acceptors (Lipinski definition) is 7. The van der Waals surface area contributed by atoms with Crippen molar-refractivity contribution in [1.82, 2.24) is 20.4 Å². The molecular formula is C20H28Cl3N7. The van der Waals surface area contributed by atoms with E-state index >= 15 is 0 Å². The Balaban J connectivity index is 0.000000172. The Labute approximate surface area is 193 Å². The van der Waals surface area contributed by atoms with Crippen molar-refractivity contribution >= 4 is 52.0 Å². The summed E-state index contributed by atoms with van der Waals surface area (Å²) in [4.78, 5) is 6.54. The molecule has 2 aromatic heterocycles. The Kier molecular flexibility index (Phi) is 8.60.